The van der Waals surface area contributed by atoms with Gasteiger partial charge in [-0.3, -0.25) is 14.6 Å². The van der Waals surface area contributed by atoms with Gasteiger partial charge in [0.1, 0.15) is 17.5 Å². The van der Waals surface area contributed by atoms with Crippen molar-refractivity contribution in [3.05, 3.63) is 99.5 Å². The summed E-state index contributed by atoms with van der Waals surface area (Å²) < 4.78 is 41.5. The van der Waals surface area contributed by atoms with Crippen LogP contribution in [-0.4, -0.2) is 22.4 Å². The number of carbonyl (C=O) groups is 1. The molecule has 0 aliphatic carbocycles. The van der Waals surface area contributed by atoms with Crippen molar-refractivity contribution < 1.29 is 18.0 Å². The van der Waals surface area contributed by atoms with E-state index in [9.17, 15) is 22.8 Å². The van der Waals surface area contributed by atoms with Crippen molar-refractivity contribution in [2.75, 3.05) is 6.54 Å². The highest BCUT2D eigenvalue weighted by molar-refractivity contribution is 5.93. The maximum atomic E-state index is 14.2. The van der Waals surface area contributed by atoms with E-state index in [1.165, 1.54) is 36.7 Å². The molecule has 138 valence electrons. The first-order chi connectivity index (χ1) is 12.9. The van der Waals surface area contributed by atoms with Crippen LogP contribution in [0.1, 0.15) is 27.5 Å². The molecule has 0 spiro atoms. The summed E-state index contributed by atoms with van der Waals surface area (Å²) in [4.78, 5) is 29.6. The first kappa shape index (κ1) is 18.4. The van der Waals surface area contributed by atoms with E-state index >= 15 is 0 Å². The van der Waals surface area contributed by atoms with Gasteiger partial charge in [-0.15, -0.1) is 0 Å². The third kappa shape index (κ3) is 4.41. The van der Waals surface area contributed by atoms with E-state index in [1.54, 1.807) is 0 Å². The summed E-state index contributed by atoms with van der Waals surface area (Å²) in [6.07, 6.45) is 2.58. The van der Waals surface area contributed by atoms with Crippen LogP contribution in [0.4, 0.5) is 13.2 Å². The summed E-state index contributed by atoms with van der Waals surface area (Å²) in [6, 6.07) is 7.91. The maximum Gasteiger partial charge on any atom is 0.252 e. The van der Waals surface area contributed by atoms with Crippen molar-refractivity contribution in [2.45, 2.75) is 5.92 Å². The van der Waals surface area contributed by atoms with E-state index in [2.05, 4.69) is 15.3 Å². The van der Waals surface area contributed by atoms with E-state index in [-0.39, 0.29) is 28.9 Å². The lowest BCUT2D eigenvalue weighted by molar-refractivity contribution is 0.0951. The van der Waals surface area contributed by atoms with Crippen molar-refractivity contribution in [2.24, 2.45) is 0 Å². The zero-order chi connectivity index (χ0) is 19.4. The van der Waals surface area contributed by atoms with Gasteiger partial charge in [0, 0.05) is 37.0 Å². The molecule has 0 saturated heterocycles. The van der Waals surface area contributed by atoms with Gasteiger partial charge in [0.05, 0.1) is 11.3 Å². The molecule has 5 nitrogen and oxygen atoms in total. The molecule has 0 fully saturated rings. The molecule has 0 aliphatic heterocycles. The van der Waals surface area contributed by atoms with E-state index < -0.39 is 29.3 Å². The fourth-order valence-electron chi connectivity index (χ4n) is 2.65. The SMILES string of the molecule is O=C(NCC(c1cc(F)cc(F)c1)c1ncccc1F)c1ccc(=O)[nH]c1. The molecule has 3 aromatic rings. The summed E-state index contributed by atoms with van der Waals surface area (Å²) in [5, 5.41) is 2.57. The maximum absolute atomic E-state index is 14.2. The lowest BCUT2D eigenvalue weighted by Crippen LogP contribution is -2.30. The number of benzene rings is 1. The predicted molar refractivity (Wildman–Crippen MR) is 91.8 cm³/mol. The molecule has 1 atom stereocenters. The zero-order valence-electron chi connectivity index (χ0n) is 13.9. The van der Waals surface area contributed by atoms with Gasteiger partial charge < -0.3 is 10.3 Å². The van der Waals surface area contributed by atoms with Crippen molar-refractivity contribution in [1.82, 2.24) is 15.3 Å². The summed E-state index contributed by atoms with van der Waals surface area (Å²) in [5.41, 5.74) is -0.105. The van der Waals surface area contributed by atoms with E-state index in [0.717, 1.165) is 12.1 Å². The van der Waals surface area contributed by atoms with Gasteiger partial charge >= 0.3 is 0 Å². The molecule has 1 amide bonds. The van der Waals surface area contributed by atoms with E-state index in [1.807, 2.05) is 0 Å². The molecule has 1 aromatic carbocycles. The summed E-state index contributed by atoms with van der Waals surface area (Å²) in [6.45, 7) is -0.158. The number of amides is 1. The second-order valence-corrected chi connectivity index (χ2v) is 5.78. The third-order valence-corrected chi connectivity index (χ3v) is 3.92. The Balaban J connectivity index is 1.90. The number of halogens is 3. The smallest absolute Gasteiger partial charge is 0.252 e. The monoisotopic (exact) mass is 373 g/mol. The van der Waals surface area contributed by atoms with E-state index in [0.29, 0.717) is 6.07 Å². The first-order valence-electron chi connectivity index (χ1n) is 7.97. The number of nitrogens with one attached hydrogen (secondary N) is 2. The topological polar surface area (TPSA) is 74.8 Å². The van der Waals surface area contributed by atoms with Gasteiger partial charge in [-0.25, -0.2) is 13.2 Å². The largest absolute Gasteiger partial charge is 0.351 e. The van der Waals surface area contributed by atoms with E-state index in [4.69, 9.17) is 0 Å². The Morgan fingerprint density at radius 1 is 1.11 bits per heavy atom. The van der Waals surface area contributed by atoms with Gasteiger partial charge in [0.2, 0.25) is 5.56 Å². The molecule has 3 rings (SSSR count). The van der Waals surface area contributed by atoms with Crippen LogP contribution in [0, 0.1) is 17.5 Å². The molecule has 0 radical (unpaired) electrons. The van der Waals surface area contributed by atoms with Gasteiger partial charge in [-0.05, 0) is 35.9 Å². The fraction of sp³-hybridized carbons (Fsp3) is 0.105. The number of hydrogen-bond acceptors (Lipinski definition) is 3. The summed E-state index contributed by atoms with van der Waals surface area (Å²) in [7, 11) is 0. The number of aromatic amines is 1. The Hall–Kier alpha value is -3.42. The molecular formula is C19H14F3N3O2. The highest BCUT2D eigenvalue weighted by Crippen LogP contribution is 2.26. The first-order valence-corrected chi connectivity index (χ1v) is 7.97. The highest BCUT2D eigenvalue weighted by atomic mass is 19.1. The number of pyridine rings is 2. The van der Waals surface area contributed by atoms with Crippen LogP contribution in [-0.2, 0) is 0 Å². The van der Waals surface area contributed by atoms with Gasteiger partial charge in [-0.2, -0.15) is 0 Å². The van der Waals surface area contributed by atoms with Crippen LogP contribution >= 0.6 is 0 Å². The van der Waals surface area contributed by atoms with Gasteiger partial charge in [0.15, 0.2) is 0 Å². The number of nitrogens with zero attached hydrogens (tertiary/aromatic N) is 1. The molecule has 27 heavy (non-hydrogen) atoms. The summed E-state index contributed by atoms with van der Waals surface area (Å²) in [5.74, 6) is -3.75. The van der Waals surface area contributed by atoms with Crippen molar-refractivity contribution in [3.8, 4) is 0 Å². The lowest BCUT2D eigenvalue weighted by Gasteiger charge is -2.18. The Morgan fingerprint density at radius 2 is 1.85 bits per heavy atom. The molecule has 2 heterocycles. The number of hydrogen-bond donors (Lipinski definition) is 2. The van der Waals surface area contributed by atoms with Crippen molar-refractivity contribution >= 4 is 5.91 Å². The number of rotatable bonds is 5. The Kier molecular flexibility index (Phi) is 5.35. The van der Waals surface area contributed by atoms with Crippen LogP contribution in [0.5, 0.6) is 0 Å². The minimum absolute atomic E-state index is 0.0516. The van der Waals surface area contributed by atoms with Crippen LogP contribution in [0.3, 0.4) is 0 Å². The van der Waals surface area contributed by atoms with Crippen LogP contribution in [0.25, 0.3) is 0 Å². The van der Waals surface area contributed by atoms with Crippen LogP contribution < -0.4 is 10.9 Å². The quantitative estimate of drug-likeness (QED) is 0.722. The molecule has 0 saturated carbocycles. The molecular weight excluding hydrogens is 359 g/mol. The molecule has 0 aliphatic rings. The molecule has 1 unspecified atom stereocenters. The average molecular weight is 373 g/mol. The number of H-pyrrole nitrogens is 1. The Labute approximate surface area is 151 Å². The highest BCUT2D eigenvalue weighted by Gasteiger charge is 2.22. The molecule has 2 aromatic heterocycles. The minimum Gasteiger partial charge on any atom is -0.351 e. The molecule has 0 bridgehead atoms. The van der Waals surface area contributed by atoms with Crippen molar-refractivity contribution in [1.29, 1.82) is 0 Å². The number of aromatic nitrogens is 2. The standard InChI is InChI=1S/C19H14F3N3O2/c20-13-6-12(7-14(21)8-13)15(18-16(22)2-1-5-23-18)10-25-19(27)11-3-4-17(26)24-9-11/h1-9,15H,10H2,(H,24,26)(H,25,27). The molecule has 2 N–H and O–H groups in total. The second kappa shape index (κ2) is 7.86. The fourth-order valence-corrected chi connectivity index (χ4v) is 2.65. The normalized spacial score (nSPS) is 11.8. The molecule has 8 heteroatoms. The minimum atomic E-state index is -0.914. The Morgan fingerprint density at radius 3 is 2.48 bits per heavy atom. The van der Waals surface area contributed by atoms with Gasteiger partial charge in [0.25, 0.3) is 5.91 Å². The predicted octanol–water partition coefficient (Wildman–Crippen LogP) is 2.75. The summed E-state index contributed by atoms with van der Waals surface area (Å²) >= 11 is 0. The van der Waals surface area contributed by atoms with Gasteiger partial charge in [-0.1, -0.05) is 0 Å². The lowest BCUT2D eigenvalue weighted by atomic mass is 9.94. The van der Waals surface area contributed by atoms with Crippen LogP contribution in [0.15, 0.2) is 59.7 Å². The zero-order valence-corrected chi connectivity index (χ0v) is 13.9. The third-order valence-electron chi connectivity index (χ3n) is 3.92. The number of carbonyl (C=O) groups excluding carboxylic acids is 1. The van der Waals surface area contributed by atoms with Crippen molar-refractivity contribution in [3.63, 3.8) is 0 Å². The van der Waals surface area contributed by atoms with Crippen LogP contribution in [0.2, 0.25) is 0 Å². The Bertz CT molecular complexity index is 996. The second-order valence-electron chi connectivity index (χ2n) is 5.78. The average Bonchev–Trinajstić information content (AvgIpc) is 2.63.